The Bertz CT molecular complexity index is 296. The molecule has 0 saturated heterocycles. The third-order valence-corrected chi connectivity index (χ3v) is 2.04. The number of nitrogens with one attached hydrogen (secondary N) is 1. The summed E-state index contributed by atoms with van der Waals surface area (Å²) in [6.07, 6.45) is 3.88. The minimum atomic E-state index is -0.203. The van der Waals surface area contributed by atoms with Crippen molar-refractivity contribution >= 4 is 5.69 Å². The summed E-state index contributed by atoms with van der Waals surface area (Å²) in [5.41, 5.74) is 0.835. The fourth-order valence-electron chi connectivity index (χ4n) is 1.30. The summed E-state index contributed by atoms with van der Waals surface area (Å²) in [4.78, 5) is 0. The molecule has 1 rings (SSSR count). The third kappa shape index (κ3) is 3.60. The molecule has 0 spiro atoms. The lowest BCUT2D eigenvalue weighted by Gasteiger charge is -2.13. The maximum atomic E-state index is 12.8. The molecule has 1 atom stereocenters. The van der Waals surface area contributed by atoms with Gasteiger partial charge < -0.3 is 5.32 Å². The Hall–Kier alpha value is -1.31. The van der Waals surface area contributed by atoms with E-state index in [1.54, 1.807) is 6.07 Å². The van der Waals surface area contributed by atoms with E-state index < -0.39 is 0 Å². The Kier molecular flexibility index (Phi) is 4.17. The number of anilines is 1. The smallest absolute Gasteiger partial charge is 0.125 e. The Balaban J connectivity index is 2.47. The number of hydrogen-bond donors (Lipinski definition) is 1. The van der Waals surface area contributed by atoms with Gasteiger partial charge in [-0.2, -0.15) is 0 Å². The fourth-order valence-corrected chi connectivity index (χ4v) is 1.30. The quantitative estimate of drug-likeness (QED) is 0.704. The number of rotatable bonds is 5. The summed E-state index contributed by atoms with van der Waals surface area (Å²) in [6.45, 7) is 5.74. The predicted octanol–water partition coefficient (Wildman–Crippen LogP) is 3.59. The summed E-state index contributed by atoms with van der Waals surface area (Å²) in [5, 5.41) is 3.23. The number of allylic oxidation sites excluding steroid dienone is 1. The van der Waals surface area contributed by atoms with Crippen LogP contribution in [0, 0.1) is 5.82 Å². The summed E-state index contributed by atoms with van der Waals surface area (Å²) in [7, 11) is 0. The molecule has 0 fully saturated rings. The van der Waals surface area contributed by atoms with Gasteiger partial charge in [-0.1, -0.05) is 12.1 Å². The molecule has 0 saturated carbocycles. The van der Waals surface area contributed by atoms with E-state index in [4.69, 9.17) is 0 Å². The Morgan fingerprint density at radius 2 is 2.36 bits per heavy atom. The molecule has 0 aromatic heterocycles. The Morgan fingerprint density at radius 3 is 3.00 bits per heavy atom. The molecule has 0 aliphatic rings. The zero-order valence-corrected chi connectivity index (χ0v) is 8.46. The highest BCUT2D eigenvalue weighted by Crippen LogP contribution is 2.12. The van der Waals surface area contributed by atoms with Crippen LogP contribution in [-0.2, 0) is 0 Å². The van der Waals surface area contributed by atoms with E-state index in [9.17, 15) is 4.39 Å². The first-order chi connectivity index (χ1) is 6.72. The Labute approximate surface area is 84.6 Å². The number of benzene rings is 1. The number of halogens is 1. The Morgan fingerprint density at radius 1 is 1.57 bits per heavy atom. The lowest BCUT2D eigenvalue weighted by molar-refractivity contribution is 0.627. The molecule has 0 bridgehead atoms. The van der Waals surface area contributed by atoms with Gasteiger partial charge in [-0.3, -0.25) is 0 Å². The van der Waals surface area contributed by atoms with Crippen LogP contribution in [0.4, 0.5) is 10.1 Å². The lowest BCUT2D eigenvalue weighted by Crippen LogP contribution is -2.14. The van der Waals surface area contributed by atoms with Gasteiger partial charge in [0.1, 0.15) is 5.82 Å². The van der Waals surface area contributed by atoms with Crippen LogP contribution in [0.3, 0.4) is 0 Å². The molecular formula is C12H16FN. The zero-order chi connectivity index (χ0) is 10.4. The van der Waals surface area contributed by atoms with Gasteiger partial charge in [0.15, 0.2) is 0 Å². The van der Waals surface area contributed by atoms with Crippen LogP contribution in [-0.4, -0.2) is 6.04 Å². The summed E-state index contributed by atoms with van der Waals surface area (Å²) >= 11 is 0. The molecule has 1 N–H and O–H groups in total. The lowest BCUT2D eigenvalue weighted by atomic mass is 10.1. The second kappa shape index (κ2) is 5.43. The average molecular weight is 193 g/mol. The molecule has 0 radical (unpaired) electrons. The SMILES string of the molecule is C=CCCC(C)Nc1cccc(F)c1. The van der Waals surface area contributed by atoms with Crippen LogP contribution in [0.15, 0.2) is 36.9 Å². The molecule has 0 aliphatic carbocycles. The van der Waals surface area contributed by atoms with Crippen molar-refractivity contribution in [3.63, 3.8) is 0 Å². The molecule has 1 unspecified atom stereocenters. The van der Waals surface area contributed by atoms with Gasteiger partial charge in [0.25, 0.3) is 0 Å². The van der Waals surface area contributed by atoms with Gasteiger partial charge in [0.05, 0.1) is 0 Å². The van der Waals surface area contributed by atoms with Crippen molar-refractivity contribution in [3.05, 3.63) is 42.7 Å². The van der Waals surface area contributed by atoms with Crippen molar-refractivity contribution < 1.29 is 4.39 Å². The summed E-state index contributed by atoms with van der Waals surface area (Å²) in [5.74, 6) is -0.203. The van der Waals surface area contributed by atoms with E-state index >= 15 is 0 Å². The van der Waals surface area contributed by atoms with Crippen LogP contribution in [0.5, 0.6) is 0 Å². The molecule has 0 heterocycles. The molecular weight excluding hydrogens is 177 g/mol. The molecule has 2 heteroatoms. The van der Waals surface area contributed by atoms with Gasteiger partial charge in [-0.25, -0.2) is 4.39 Å². The van der Waals surface area contributed by atoms with Gasteiger partial charge >= 0.3 is 0 Å². The van der Waals surface area contributed by atoms with Crippen molar-refractivity contribution in [1.29, 1.82) is 0 Å². The largest absolute Gasteiger partial charge is 0.382 e. The highest BCUT2D eigenvalue weighted by atomic mass is 19.1. The topological polar surface area (TPSA) is 12.0 Å². The van der Waals surface area contributed by atoms with E-state index in [-0.39, 0.29) is 5.82 Å². The highest BCUT2D eigenvalue weighted by molar-refractivity contribution is 5.43. The maximum absolute atomic E-state index is 12.8. The first kappa shape index (κ1) is 10.8. The first-order valence-corrected chi connectivity index (χ1v) is 4.85. The van der Waals surface area contributed by atoms with Crippen LogP contribution in [0.1, 0.15) is 19.8 Å². The minimum Gasteiger partial charge on any atom is -0.382 e. The van der Waals surface area contributed by atoms with E-state index in [1.807, 2.05) is 12.1 Å². The third-order valence-electron chi connectivity index (χ3n) is 2.04. The predicted molar refractivity (Wildman–Crippen MR) is 58.9 cm³/mol. The van der Waals surface area contributed by atoms with Crippen LogP contribution < -0.4 is 5.32 Å². The van der Waals surface area contributed by atoms with Gasteiger partial charge in [0.2, 0.25) is 0 Å². The van der Waals surface area contributed by atoms with Crippen molar-refractivity contribution in [2.45, 2.75) is 25.8 Å². The van der Waals surface area contributed by atoms with Crippen molar-refractivity contribution in [2.75, 3.05) is 5.32 Å². The monoisotopic (exact) mass is 193 g/mol. The van der Waals surface area contributed by atoms with Crippen molar-refractivity contribution in [1.82, 2.24) is 0 Å². The second-order valence-electron chi connectivity index (χ2n) is 3.42. The minimum absolute atomic E-state index is 0.203. The van der Waals surface area contributed by atoms with Crippen LogP contribution in [0.2, 0.25) is 0 Å². The maximum Gasteiger partial charge on any atom is 0.125 e. The number of hydrogen-bond acceptors (Lipinski definition) is 1. The van der Waals surface area contributed by atoms with Crippen molar-refractivity contribution in [2.24, 2.45) is 0 Å². The van der Waals surface area contributed by atoms with E-state index in [1.165, 1.54) is 12.1 Å². The normalized spacial score (nSPS) is 12.1. The van der Waals surface area contributed by atoms with Gasteiger partial charge in [-0.05, 0) is 38.0 Å². The molecule has 76 valence electrons. The summed E-state index contributed by atoms with van der Waals surface area (Å²) < 4.78 is 12.8. The first-order valence-electron chi connectivity index (χ1n) is 4.85. The van der Waals surface area contributed by atoms with Gasteiger partial charge in [0, 0.05) is 11.7 Å². The van der Waals surface area contributed by atoms with Gasteiger partial charge in [-0.15, -0.1) is 6.58 Å². The van der Waals surface area contributed by atoms with Crippen molar-refractivity contribution in [3.8, 4) is 0 Å². The molecule has 1 nitrogen and oxygen atoms in total. The molecule has 1 aromatic rings. The molecule has 0 amide bonds. The van der Waals surface area contributed by atoms with Crippen LogP contribution >= 0.6 is 0 Å². The second-order valence-corrected chi connectivity index (χ2v) is 3.42. The molecule has 0 aliphatic heterocycles. The van der Waals surface area contributed by atoms with E-state index in [2.05, 4.69) is 18.8 Å². The van der Waals surface area contributed by atoms with Crippen LogP contribution in [0.25, 0.3) is 0 Å². The zero-order valence-electron chi connectivity index (χ0n) is 8.46. The van der Waals surface area contributed by atoms with E-state index in [0.717, 1.165) is 18.5 Å². The highest BCUT2D eigenvalue weighted by Gasteiger charge is 2.00. The van der Waals surface area contributed by atoms with E-state index in [0.29, 0.717) is 6.04 Å². The standard InChI is InChI=1S/C12H16FN/c1-3-4-6-10(2)14-12-8-5-7-11(13)9-12/h3,5,7-10,14H,1,4,6H2,2H3. The molecule has 1 aromatic carbocycles. The molecule has 14 heavy (non-hydrogen) atoms. The fraction of sp³-hybridized carbons (Fsp3) is 0.333. The average Bonchev–Trinajstić information content (AvgIpc) is 2.15. The summed E-state index contributed by atoms with van der Waals surface area (Å²) in [6, 6.07) is 6.87.